The fourth-order valence-corrected chi connectivity index (χ4v) is 4.46. The number of hydrogen-bond acceptors (Lipinski definition) is 3. The van der Waals surface area contributed by atoms with Gasteiger partial charge in [-0.05, 0) is 37.8 Å². The highest BCUT2D eigenvalue weighted by Gasteiger charge is 2.34. The van der Waals surface area contributed by atoms with E-state index in [1.54, 1.807) is 11.8 Å². The maximum absolute atomic E-state index is 12.7. The first-order chi connectivity index (χ1) is 10.0. The lowest BCUT2D eigenvalue weighted by atomic mass is 9.97. The summed E-state index contributed by atoms with van der Waals surface area (Å²) < 4.78 is 0. The van der Waals surface area contributed by atoms with E-state index in [9.17, 15) is 9.59 Å². The van der Waals surface area contributed by atoms with Gasteiger partial charge in [0.25, 0.3) is 0 Å². The molecule has 0 saturated carbocycles. The minimum absolute atomic E-state index is 0.0478. The number of benzene rings is 1. The zero-order valence-corrected chi connectivity index (χ0v) is 13.0. The molecule has 2 atom stereocenters. The number of fused-ring (bicyclic) bond motifs is 1. The molecule has 2 amide bonds. The van der Waals surface area contributed by atoms with Gasteiger partial charge in [0, 0.05) is 18.0 Å². The molecule has 0 spiro atoms. The molecule has 0 aliphatic carbocycles. The van der Waals surface area contributed by atoms with Crippen molar-refractivity contribution in [3.8, 4) is 0 Å². The molecular weight excluding hydrogens is 284 g/mol. The molecule has 4 nitrogen and oxygen atoms in total. The Kier molecular flexibility index (Phi) is 3.93. The van der Waals surface area contributed by atoms with Gasteiger partial charge in [-0.25, -0.2) is 0 Å². The predicted molar refractivity (Wildman–Crippen MR) is 83.0 cm³/mol. The number of aryl methyl sites for hydroxylation is 1. The SMILES string of the molecule is Cc1ccc2c(c1)S[C@H](C(=O)N1CCC[C@H](C(N)=O)C1)C2. The van der Waals surface area contributed by atoms with Gasteiger partial charge in [-0.3, -0.25) is 9.59 Å². The maximum Gasteiger partial charge on any atom is 0.236 e. The molecule has 2 N–H and O–H groups in total. The first-order valence-electron chi connectivity index (χ1n) is 7.39. The molecule has 2 aliphatic heterocycles. The Morgan fingerprint density at radius 1 is 1.38 bits per heavy atom. The Labute approximate surface area is 129 Å². The summed E-state index contributed by atoms with van der Waals surface area (Å²) in [6, 6.07) is 6.36. The van der Waals surface area contributed by atoms with Crippen LogP contribution in [-0.4, -0.2) is 35.1 Å². The minimum Gasteiger partial charge on any atom is -0.369 e. The van der Waals surface area contributed by atoms with Crippen molar-refractivity contribution in [2.75, 3.05) is 13.1 Å². The van der Waals surface area contributed by atoms with Crippen molar-refractivity contribution in [1.82, 2.24) is 4.90 Å². The average molecular weight is 304 g/mol. The van der Waals surface area contributed by atoms with Crippen LogP contribution < -0.4 is 5.73 Å². The highest BCUT2D eigenvalue weighted by Crippen LogP contribution is 2.38. The third-order valence-electron chi connectivity index (χ3n) is 4.31. The molecule has 3 rings (SSSR count). The Hall–Kier alpha value is -1.49. The second-order valence-electron chi connectivity index (χ2n) is 5.95. The molecule has 0 unspecified atom stereocenters. The van der Waals surface area contributed by atoms with Crippen molar-refractivity contribution in [3.63, 3.8) is 0 Å². The minimum atomic E-state index is -0.287. The van der Waals surface area contributed by atoms with Gasteiger partial charge in [-0.15, -0.1) is 11.8 Å². The van der Waals surface area contributed by atoms with E-state index in [2.05, 4.69) is 25.1 Å². The predicted octanol–water partition coefficient (Wildman–Crippen LogP) is 1.74. The normalized spacial score (nSPS) is 24.7. The summed E-state index contributed by atoms with van der Waals surface area (Å²) in [5.41, 5.74) is 7.87. The van der Waals surface area contributed by atoms with Gasteiger partial charge in [0.1, 0.15) is 0 Å². The van der Waals surface area contributed by atoms with E-state index in [0.717, 1.165) is 25.8 Å². The van der Waals surface area contributed by atoms with Gasteiger partial charge in [-0.2, -0.15) is 0 Å². The molecule has 1 aromatic rings. The van der Waals surface area contributed by atoms with Crippen molar-refractivity contribution in [2.24, 2.45) is 11.7 Å². The molecule has 1 aromatic carbocycles. The monoisotopic (exact) mass is 304 g/mol. The fraction of sp³-hybridized carbons (Fsp3) is 0.500. The van der Waals surface area contributed by atoms with E-state index >= 15 is 0 Å². The molecule has 0 bridgehead atoms. The summed E-state index contributed by atoms with van der Waals surface area (Å²) in [4.78, 5) is 27.1. The van der Waals surface area contributed by atoms with Crippen molar-refractivity contribution in [3.05, 3.63) is 29.3 Å². The number of hydrogen-bond donors (Lipinski definition) is 1. The van der Waals surface area contributed by atoms with Crippen LogP contribution in [0.3, 0.4) is 0 Å². The van der Waals surface area contributed by atoms with E-state index in [0.29, 0.717) is 6.54 Å². The van der Waals surface area contributed by atoms with E-state index in [1.165, 1.54) is 16.0 Å². The number of piperidine rings is 1. The number of carbonyl (C=O) groups is 2. The standard InChI is InChI=1S/C16H20N2O2S/c1-10-4-5-11-8-14(21-13(11)7-10)16(20)18-6-2-3-12(9-18)15(17)19/h4-5,7,12,14H,2-3,6,8-9H2,1H3,(H2,17,19)/t12-,14-/m0/s1. The summed E-state index contributed by atoms with van der Waals surface area (Å²) in [5.74, 6) is -0.316. The lowest BCUT2D eigenvalue weighted by molar-refractivity contribution is -0.134. The first-order valence-corrected chi connectivity index (χ1v) is 8.27. The summed E-state index contributed by atoms with van der Waals surface area (Å²) in [6.07, 6.45) is 2.45. The van der Waals surface area contributed by atoms with Crippen LogP contribution in [0.1, 0.15) is 24.0 Å². The van der Waals surface area contributed by atoms with Gasteiger partial charge < -0.3 is 10.6 Å². The zero-order valence-electron chi connectivity index (χ0n) is 12.2. The van der Waals surface area contributed by atoms with Crippen molar-refractivity contribution in [1.29, 1.82) is 0 Å². The zero-order chi connectivity index (χ0) is 15.0. The summed E-state index contributed by atoms with van der Waals surface area (Å²) >= 11 is 1.65. The number of nitrogens with two attached hydrogens (primary N) is 1. The van der Waals surface area contributed by atoms with Crippen LogP contribution in [0.15, 0.2) is 23.1 Å². The molecule has 0 aromatic heterocycles. The van der Waals surface area contributed by atoms with Gasteiger partial charge in [0.15, 0.2) is 0 Å². The van der Waals surface area contributed by atoms with Crippen molar-refractivity contribution in [2.45, 2.75) is 36.3 Å². The van der Waals surface area contributed by atoms with Crippen LogP contribution in [0.2, 0.25) is 0 Å². The molecule has 2 aliphatic rings. The largest absolute Gasteiger partial charge is 0.369 e. The van der Waals surface area contributed by atoms with E-state index < -0.39 is 0 Å². The number of likely N-dealkylation sites (tertiary alicyclic amines) is 1. The Bertz CT molecular complexity index is 588. The van der Waals surface area contributed by atoms with Crippen LogP contribution >= 0.6 is 11.8 Å². The highest BCUT2D eigenvalue weighted by atomic mass is 32.2. The third-order valence-corrected chi connectivity index (χ3v) is 5.59. The summed E-state index contributed by atoms with van der Waals surface area (Å²) in [7, 11) is 0. The number of rotatable bonds is 2. The fourth-order valence-electron chi connectivity index (χ4n) is 3.09. The number of amides is 2. The Balaban J connectivity index is 1.68. The van der Waals surface area contributed by atoms with Gasteiger partial charge in [0.2, 0.25) is 11.8 Å². The van der Waals surface area contributed by atoms with Crippen LogP contribution in [0.4, 0.5) is 0 Å². The van der Waals surface area contributed by atoms with E-state index in [1.807, 2.05) is 4.90 Å². The molecule has 5 heteroatoms. The quantitative estimate of drug-likeness (QED) is 0.905. The summed E-state index contributed by atoms with van der Waals surface area (Å²) in [6.45, 7) is 3.30. The van der Waals surface area contributed by atoms with E-state index in [-0.39, 0.29) is 23.0 Å². The van der Waals surface area contributed by atoms with Gasteiger partial charge >= 0.3 is 0 Å². The lowest BCUT2D eigenvalue weighted by Crippen LogP contribution is -2.47. The van der Waals surface area contributed by atoms with Crippen LogP contribution in [0.25, 0.3) is 0 Å². The van der Waals surface area contributed by atoms with Crippen molar-refractivity contribution < 1.29 is 9.59 Å². The third kappa shape index (κ3) is 2.93. The molecule has 112 valence electrons. The van der Waals surface area contributed by atoms with Crippen LogP contribution in [-0.2, 0) is 16.0 Å². The second-order valence-corrected chi connectivity index (χ2v) is 7.19. The Morgan fingerprint density at radius 2 is 2.19 bits per heavy atom. The second kappa shape index (κ2) is 5.72. The van der Waals surface area contributed by atoms with Crippen LogP contribution in [0, 0.1) is 12.8 Å². The van der Waals surface area contributed by atoms with Gasteiger partial charge in [-0.1, -0.05) is 17.7 Å². The smallest absolute Gasteiger partial charge is 0.236 e. The van der Waals surface area contributed by atoms with Crippen molar-refractivity contribution >= 4 is 23.6 Å². The molecule has 21 heavy (non-hydrogen) atoms. The molecule has 1 fully saturated rings. The number of thioether (sulfide) groups is 1. The number of primary amides is 1. The molecule has 0 radical (unpaired) electrons. The highest BCUT2D eigenvalue weighted by molar-refractivity contribution is 8.01. The molecular formula is C16H20N2O2S. The van der Waals surface area contributed by atoms with Crippen LogP contribution in [0.5, 0.6) is 0 Å². The molecule has 2 heterocycles. The number of nitrogens with zero attached hydrogens (tertiary/aromatic N) is 1. The van der Waals surface area contributed by atoms with E-state index in [4.69, 9.17) is 5.73 Å². The maximum atomic E-state index is 12.7. The Morgan fingerprint density at radius 3 is 2.95 bits per heavy atom. The molecule has 1 saturated heterocycles. The lowest BCUT2D eigenvalue weighted by Gasteiger charge is -2.32. The first kappa shape index (κ1) is 14.4. The van der Waals surface area contributed by atoms with Gasteiger partial charge in [0.05, 0.1) is 11.2 Å². The topological polar surface area (TPSA) is 63.4 Å². The number of carbonyl (C=O) groups excluding carboxylic acids is 2. The summed E-state index contributed by atoms with van der Waals surface area (Å²) in [5, 5.41) is -0.0478. The average Bonchev–Trinajstić information content (AvgIpc) is 2.89.